The minimum atomic E-state index is -0.822. The van der Waals surface area contributed by atoms with Gasteiger partial charge in [0.05, 0.1) is 25.9 Å². The summed E-state index contributed by atoms with van der Waals surface area (Å²) in [7, 11) is 1.59. The average Bonchev–Trinajstić information content (AvgIpc) is 3.05. The van der Waals surface area contributed by atoms with Gasteiger partial charge in [0.15, 0.2) is 5.69 Å². The summed E-state index contributed by atoms with van der Waals surface area (Å²) in [5.41, 5.74) is -0.860. The minimum absolute atomic E-state index is 0.0784. The van der Waals surface area contributed by atoms with Crippen LogP contribution in [0.4, 0.5) is 4.39 Å². The van der Waals surface area contributed by atoms with Gasteiger partial charge in [-0.1, -0.05) is 24.6 Å². The molecule has 2 bridgehead atoms. The van der Waals surface area contributed by atoms with Crippen molar-refractivity contribution in [1.82, 2.24) is 19.8 Å². The molecule has 0 fully saturated rings. The van der Waals surface area contributed by atoms with Gasteiger partial charge in [0, 0.05) is 25.6 Å². The second kappa shape index (κ2) is 10.8. The highest BCUT2D eigenvalue weighted by Crippen LogP contribution is 2.32. The van der Waals surface area contributed by atoms with Gasteiger partial charge in [0.2, 0.25) is 11.7 Å². The van der Waals surface area contributed by atoms with Gasteiger partial charge in [-0.2, -0.15) is 0 Å². The van der Waals surface area contributed by atoms with Crippen LogP contribution in [0, 0.1) is 5.82 Å². The van der Waals surface area contributed by atoms with Gasteiger partial charge >= 0.3 is 0 Å². The summed E-state index contributed by atoms with van der Waals surface area (Å²) in [6, 6.07) is 1.42. The van der Waals surface area contributed by atoms with E-state index in [2.05, 4.69) is 10.3 Å². The number of aromatic hydroxyl groups is 1. The Morgan fingerprint density at radius 2 is 2.03 bits per heavy atom. The number of benzene rings is 1. The zero-order valence-electron chi connectivity index (χ0n) is 20.1. The lowest BCUT2D eigenvalue weighted by atomic mass is 10.1. The molecule has 0 radical (unpaired) electrons. The quantitative estimate of drug-likeness (QED) is 0.590. The van der Waals surface area contributed by atoms with E-state index < -0.39 is 40.8 Å². The molecule has 2 aromatic rings. The van der Waals surface area contributed by atoms with E-state index in [1.807, 2.05) is 6.92 Å². The summed E-state index contributed by atoms with van der Waals surface area (Å²) in [6.45, 7) is 2.21. The van der Waals surface area contributed by atoms with E-state index in [9.17, 15) is 23.9 Å². The van der Waals surface area contributed by atoms with Crippen LogP contribution in [0.15, 0.2) is 16.9 Å². The minimum Gasteiger partial charge on any atom is -0.501 e. The largest absolute Gasteiger partial charge is 0.501 e. The molecule has 2 N–H and O–H groups in total. The fourth-order valence-corrected chi connectivity index (χ4v) is 4.61. The Hall–Kier alpha value is -3.18. The van der Waals surface area contributed by atoms with Crippen LogP contribution in [0.3, 0.4) is 0 Å². The lowest BCUT2D eigenvalue weighted by Crippen LogP contribution is -2.39. The van der Waals surface area contributed by atoms with Crippen molar-refractivity contribution in [3.8, 4) is 11.5 Å². The third kappa shape index (κ3) is 4.90. The number of aromatic nitrogens is 2. The van der Waals surface area contributed by atoms with Crippen molar-refractivity contribution >= 4 is 23.4 Å². The Balaban J connectivity index is 1.82. The van der Waals surface area contributed by atoms with E-state index in [0.29, 0.717) is 24.8 Å². The van der Waals surface area contributed by atoms with E-state index in [4.69, 9.17) is 21.1 Å². The zero-order valence-corrected chi connectivity index (χ0v) is 20.8. The molecule has 194 valence electrons. The number of nitrogens with one attached hydrogen (secondary N) is 1. The van der Waals surface area contributed by atoms with Crippen LogP contribution in [-0.2, 0) is 16.1 Å². The van der Waals surface area contributed by atoms with E-state index >= 15 is 0 Å². The predicted molar refractivity (Wildman–Crippen MR) is 128 cm³/mol. The molecule has 2 atom stereocenters. The molecule has 1 aromatic carbocycles. The molecule has 36 heavy (non-hydrogen) atoms. The molecule has 10 nitrogen and oxygen atoms in total. The molecule has 2 aliphatic heterocycles. The fraction of sp³-hybridized carbons (Fsp3) is 0.500. The molecule has 1 unspecified atom stereocenters. The first kappa shape index (κ1) is 25.9. The first-order chi connectivity index (χ1) is 17.2. The molecular formula is C24H28ClFN4O6. The van der Waals surface area contributed by atoms with Crippen LogP contribution in [-0.4, -0.2) is 58.2 Å². The number of ether oxygens (including phenoxy) is 2. The highest BCUT2D eigenvalue weighted by molar-refractivity contribution is 6.32. The highest BCUT2D eigenvalue weighted by atomic mass is 35.5. The molecule has 0 saturated heterocycles. The topological polar surface area (TPSA) is 123 Å². The Labute approximate surface area is 212 Å². The summed E-state index contributed by atoms with van der Waals surface area (Å²) in [4.78, 5) is 45.1. The number of rotatable bonds is 1. The fourth-order valence-electron chi connectivity index (χ4n) is 4.37. The molecule has 0 aliphatic carbocycles. The van der Waals surface area contributed by atoms with Gasteiger partial charge < -0.3 is 24.8 Å². The van der Waals surface area contributed by atoms with Crippen LogP contribution < -0.4 is 15.6 Å². The maximum atomic E-state index is 14.1. The van der Waals surface area contributed by atoms with E-state index in [0.717, 1.165) is 6.07 Å². The molecule has 0 spiro atoms. The SMILES string of the molecule is CC[C@H]1COCC2c3nc(c(O)c(=O)n31)C(=O)NCc1ccc(F)c(Cl)c1OCCCCC(=O)N2C. The number of nitrogens with zero attached hydrogens (tertiary/aromatic N) is 3. The number of carbonyl (C=O) groups is 2. The van der Waals surface area contributed by atoms with Crippen LogP contribution in [0.1, 0.15) is 66.6 Å². The van der Waals surface area contributed by atoms with E-state index in [1.54, 1.807) is 7.05 Å². The zero-order chi connectivity index (χ0) is 26.0. The van der Waals surface area contributed by atoms with Crippen LogP contribution in [0.5, 0.6) is 11.5 Å². The van der Waals surface area contributed by atoms with Gasteiger partial charge in [-0.15, -0.1) is 0 Å². The molecule has 2 aliphatic rings. The number of hydrogen-bond acceptors (Lipinski definition) is 7. The van der Waals surface area contributed by atoms with Crippen molar-refractivity contribution in [3.05, 3.63) is 50.4 Å². The Kier molecular flexibility index (Phi) is 7.79. The van der Waals surface area contributed by atoms with Crippen molar-refractivity contribution < 1.29 is 28.6 Å². The lowest BCUT2D eigenvalue weighted by Gasteiger charge is -2.28. The number of carbonyl (C=O) groups excluding carboxylic acids is 2. The second-order valence-electron chi connectivity index (χ2n) is 8.80. The lowest BCUT2D eigenvalue weighted by molar-refractivity contribution is -0.133. The molecule has 2 amide bonds. The number of hydrogen-bond donors (Lipinski definition) is 2. The van der Waals surface area contributed by atoms with E-state index in [1.165, 1.54) is 15.5 Å². The van der Waals surface area contributed by atoms with Crippen molar-refractivity contribution in [1.29, 1.82) is 0 Å². The molecular weight excluding hydrogens is 495 g/mol. The van der Waals surface area contributed by atoms with Crippen LogP contribution in [0.2, 0.25) is 5.02 Å². The average molecular weight is 523 g/mol. The number of amides is 2. The summed E-state index contributed by atoms with van der Waals surface area (Å²) < 4.78 is 26.9. The molecule has 1 aromatic heterocycles. The standard InChI is InChI=1S/C24H28ClFN4O6/c1-3-14-11-35-12-16-22-28-19(20(32)24(34)30(14)22)23(33)27-10-13-7-8-15(26)18(25)21(13)36-9-5-4-6-17(31)29(16)2/h7-8,14,16,32H,3-6,9-12H2,1-2H3,(H,27,33)/t14-,16?/m0/s1. The number of fused-ring (bicyclic) bond motifs is 2. The van der Waals surface area contributed by atoms with Gasteiger partial charge in [0.25, 0.3) is 11.5 Å². The molecule has 12 heteroatoms. The third-order valence-corrected chi connectivity index (χ3v) is 6.87. The normalized spacial score (nSPS) is 21.3. The maximum absolute atomic E-state index is 14.1. The smallest absolute Gasteiger partial charge is 0.296 e. The van der Waals surface area contributed by atoms with Crippen molar-refractivity contribution in [2.45, 2.75) is 51.2 Å². The predicted octanol–water partition coefficient (Wildman–Crippen LogP) is 2.71. The summed E-state index contributed by atoms with van der Waals surface area (Å²) in [5.74, 6) is -2.27. The van der Waals surface area contributed by atoms with Gasteiger partial charge in [0.1, 0.15) is 28.5 Å². The Morgan fingerprint density at radius 3 is 2.78 bits per heavy atom. The first-order valence-corrected chi connectivity index (χ1v) is 12.2. The molecule has 0 saturated carbocycles. The Morgan fingerprint density at radius 1 is 1.25 bits per heavy atom. The van der Waals surface area contributed by atoms with Gasteiger partial charge in [-0.3, -0.25) is 19.0 Å². The maximum Gasteiger partial charge on any atom is 0.296 e. The van der Waals surface area contributed by atoms with Crippen molar-refractivity contribution in [2.24, 2.45) is 0 Å². The second-order valence-corrected chi connectivity index (χ2v) is 9.18. The van der Waals surface area contributed by atoms with Crippen LogP contribution >= 0.6 is 11.6 Å². The summed E-state index contributed by atoms with van der Waals surface area (Å²) in [5, 5.41) is 13.0. The third-order valence-electron chi connectivity index (χ3n) is 6.52. The number of halogens is 2. The molecule has 4 rings (SSSR count). The first-order valence-electron chi connectivity index (χ1n) is 11.8. The van der Waals surface area contributed by atoms with Crippen LogP contribution in [0.25, 0.3) is 0 Å². The number of likely N-dealkylation sites (N-methyl/N-ethyl adjacent to an activating group) is 1. The van der Waals surface area contributed by atoms with Crippen molar-refractivity contribution in [2.75, 3.05) is 26.9 Å². The highest BCUT2D eigenvalue weighted by Gasteiger charge is 2.34. The van der Waals surface area contributed by atoms with Gasteiger partial charge in [-0.25, -0.2) is 9.37 Å². The van der Waals surface area contributed by atoms with Crippen molar-refractivity contribution in [3.63, 3.8) is 0 Å². The van der Waals surface area contributed by atoms with E-state index in [-0.39, 0.29) is 55.3 Å². The monoisotopic (exact) mass is 522 g/mol. The molecule has 3 heterocycles. The summed E-state index contributed by atoms with van der Waals surface area (Å²) >= 11 is 6.11. The Bertz CT molecular complexity index is 1240. The van der Waals surface area contributed by atoms with Gasteiger partial charge in [-0.05, 0) is 25.3 Å². The summed E-state index contributed by atoms with van der Waals surface area (Å²) in [6.07, 6.45) is 1.70.